The maximum absolute atomic E-state index is 12.7. The highest BCUT2D eigenvalue weighted by molar-refractivity contribution is 7.89. The molecule has 1 saturated heterocycles. The van der Waals surface area contributed by atoms with Crippen molar-refractivity contribution in [1.29, 1.82) is 0 Å². The Bertz CT molecular complexity index is 1380. The van der Waals surface area contributed by atoms with Crippen molar-refractivity contribution in [2.45, 2.75) is 50.5 Å². The maximum Gasteiger partial charge on any atom is 0.410 e. The van der Waals surface area contributed by atoms with Crippen molar-refractivity contribution < 1.29 is 22.7 Å². The summed E-state index contributed by atoms with van der Waals surface area (Å²) in [6, 6.07) is 8.76. The number of piperazine rings is 1. The van der Waals surface area contributed by atoms with Gasteiger partial charge in [-0.3, -0.25) is 4.90 Å². The summed E-state index contributed by atoms with van der Waals surface area (Å²) in [4.78, 5) is 23.7. The van der Waals surface area contributed by atoms with E-state index < -0.39 is 15.6 Å². The molecule has 2 N–H and O–H groups in total. The molecule has 0 unspecified atom stereocenters. The molecule has 0 radical (unpaired) electrons. The van der Waals surface area contributed by atoms with E-state index in [0.717, 1.165) is 42.5 Å². The molecule has 3 heterocycles. The SMILES string of the molecule is CC(C)(C)OC(=O)N1CCN(CCCOc2ccc(S(=O)(=O)NCCCc3c[nH]c4ccc(Cl)cc34)cn2)CC1. The van der Waals surface area contributed by atoms with Crippen LogP contribution in [0.5, 0.6) is 5.88 Å². The third kappa shape index (κ3) is 8.57. The van der Waals surface area contributed by atoms with Crippen LogP contribution in [0.25, 0.3) is 10.9 Å². The van der Waals surface area contributed by atoms with Crippen molar-refractivity contribution >= 4 is 38.6 Å². The fourth-order valence-electron chi connectivity index (χ4n) is 4.48. The number of hydrogen-bond donors (Lipinski definition) is 2. The lowest BCUT2D eigenvalue weighted by molar-refractivity contribution is 0.0142. The van der Waals surface area contributed by atoms with Gasteiger partial charge in [-0.2, -0.15) is 0 Å². The number of aromatic nitrogens is 2. The van der Waals surface area contributed by atoms with Crippen LogP contribution >= 0.6 is 11.6 Å². The molecule has 0 bridgehead atoms. The molecule has 3 aromatic rings. The number of nitrogens with one attached hydrogen (secondary N) is 2. The zero-order valence-electron chi connectivity index (χ0n) is 23.3. The van der Waals surface area contributed by atoms with Gasteiger partial charge in [-0.1, -0.05) is 11.6 Å². The first kappa shape index (κ1) is 30.1. The normalized spacial score (nSPS) is 14.9. The molecule has 1 amide bonds. The van der Waals surface area contributed by atoms with Gasteiger partial charge in [0, 0.05) is 67.5 Å². The van der Waals surface area contributed by atoms with Crippen LogP contribution in [0.1, 0.15) is 39.2 Å². The number of benzene rings is 1. The molecular formula is C28H38ClN5O5S. The molecule has 40 heavy (non-hydrogen) atoms. The summed E-state index contributed by atoms with van der Waals surface area (Å²) < 4.78 is 39.1. The van der Waals surface area contributed by atoms with Crippen molar-refractivity contribution in [2.75, 3.05) is 45.9 Å². The zero-order chi connectivity index (χ0) is 28.8. The molecule has 0 atom stereocenters. The fraction of sp³-hybridized carbons (Fsp3) is 0.500. The summed E-state index contributed by atoms with van der Waals surface area (Å²) in [5.74, 6) is 0.381. The Balaban J connectivity index is 1.13. The summed E-state index contributed by atoms with van der Waals surface area (Å²) in [5, 5.41) is 1.72. The number of aromatic amines is 1. The van der Waals surface area contributed by atoms with Crippen molar-refractivity contribution in [1.82, 2.24) is 24.5 Å². The number of fused-ring (bicyclic) bond motifs is 1. The fourth-order valence-corrected chi connectivity index (χ4v) is 5.67. The molecule has 0 aliphatic carbocycles. The predicted molar refractivity (Wildman–Crippen MR) is 155 cm³/mol. The summed E-state index contributed by atoms with van der Waals surface area (Å²) in [6.07, 6.45) is 5.13. The van der Waals surface area contributed by atoms with E-state index in [1.54, 1.807) is 11.0 Å². The van der Waals surface area contributed by atoms with Gasteiger partial charge in [0.25, 0.3) is 0 Å². The van der Waals surface area contributed by atoms with E-state index in [1.165, 1.54) is 12.3 Å². The Morgan fingerprint density at radius 2 is 1.90 bits per heavy atom. The molecular weight excluding hydrogens is 554 g/mol. The van der Waals surface area contributed by atoms with Gasteiger partial charge < -0.3 is 19.4 Å². The number of sulfonamides is 1. The van der Waals surface area contributed by atoms with Crippen LogP contribution in [0, 0.1) is 0 Å². The van der Waals surface area contributed by atoms with E-state index in [2.05, 4.69) is 19.6 Å². The average Bonchev–Trinajstić information content (AvgIpc) is 3.30. The standard InChI is InChI=1S/C28H38ClN5O5S/c1-28(2,3)39-27(35)34-15-13-33(14-16-34)12-5-17-38-26-10-8-23(20-31-26)40(36,37)32-11-4-6-21-19-30-25-9-7-22(29)18-24(21)25/h7-10,18-20,30,32H,4-6,11-17H2,1-3H3. The van der Waals surface area contributed by atoms with Crippen molar-refractivity contribution in [2.24, 2.45) is 0 Å². The number of pyridine rings is 1. The predicted octanol–water partition coefficient (Wildman–Crippen LogP) is 4.45. The summed E-state index contributed by atoms with van der Waals surface area (Å²) in [5.41, 5.74) is 1.61. The number of carbonyl (C=O) groups excluding carboxylic acids is 1. The van der Waals surface area contributed by atoms with E-state index in [-0.39, 0.29) is 11.0 Å². The smallest absolute Gasteiger partial charge is 0.410 e. The minimum Gasteiger partial charge on any atom is -0.478 e. The lowest BCUT2D eigenvalue weighted by Crippen LogP contribution is -2.50. The second-order valence-electron chi connectivity index (χ2n) is 10.8. The Hall–Kier alpha value is -2.86. The third-order valence-electron chi connectivity index (χ3n) is 6.56. The Morgan fingerprint density at radius 1 is 1.12 bits per heavy atom. The van der Waals surface area contributed by atoms with Crippen molar-refractivity contribution in [3.63, 3.8) is 0 Å². The van der Waals surface area contributed by atoms with Crippen molar-refractivity contribution in [3.8, 4) is 5.88 Å². The second kappa shape index (κ2) is 13.2. The maximum atomic E-state index is 12.7. The van der Waals surface area contributed by atoms with Crippen LogP contribution in [0.2, 0.25) is 5.02 Å². The number of H-pyrrole nitrogens is 1. The molecule has 1 aliphatic heterocycles. The second-order valence-corrected chi connectivity index (χ2v) is 13.1. The molecule has 1 aliphatic rings. The topological polar surface area (TPSA) is 117 Å². The Labute approximate surface area is 241 Å². The van der Waals surface area contributed by atoms with E-state index in [0.29, 0.717) is 50.0 Å². The number of nitrogens with zero attached hydrogens (tertiary/aromatic N) is 3. The quantitative estimate of drug-likeness (QED) is 0.316. The number of aryl methyl sites for hydroxylation is 1. The highest BCUT2D eigenvalue weighted by Gasteiger charge is 2.25. The van der Waals surface area contributed by atoms with Gasteiger partial charge >= 0.3 is 6.09 Å². The molecule has 218 valence electrons. The highest BCUT2D eigenvalue weighted by Crippen LogP contribution is 2.23. The number of hydrogen-bond acceptors (Lipinski definition) is 7. The van der Waals surface area contributed by atoms with Gasteiger partial charge in [0.15, 0.2) is 0 Å². The van der Waals surface area contributed by atoms with Gasteiger partial charge in [0.1, 0.15) is 10.5 Å². The lowest BCUT2D eigenvalue weighted by atomic mass is 10.1. The number of carbonyl (C=O) groups is 1. The molecule has 0 spiro atoms. The van der Waals surface area contributed by atoms with E-state index in [1.807, 2.05) is 45.2 Å². The molecule has 1 aromatic carbocycles. The first-order valence-corrected chi connectivity index (χ1v) is 15.4. The molecule has 4 rings (SSSR count). The third-order valence-corrected chi connectivity index (χ3v) is 8.24. The molecule has 12 heteroatoms. The van der Waals surface area contributed by atoms with Gasteiger partial charge in [0.05, 0.1) is 12.8 Å². The lowest BCUT2D eigenvalue weighted by Gasteiger charge is -2.35. The van der Waals surface area contributed by atoms with E-state index in [9.17, 15) is 13.2 Å². The summed E-state index contributed by atoms with van der Waals surface area (Å²) in [7, 11) is -3.67. The molecule has 0 saturated carbocycles. The van der Waals surface area contributed by atoms with Gasteiger partial charge in [0.2, 0.25) is 15.9 Å². The summed E-state index contributed by atoms with van der Waals surface area (Å²) >= 11 is 6.11. The Kier molecular flexibility index (Phi) is 9.94. The van der Waals surface area contributed by atoms with Crippen LogP contribution in [0.3, 0.4) is 0 Å². The number of amides is 1. The Morgan fingerprint density at radius 3 is 2.60 bits per heavy atom. The minimum atomic E-state index is -3.67. The van der Waals surface area contributed by atoms with Crippen LogP contribution < -0.4 is 9.46 Å². The van der Waals surface area contributed by atoms with E-state index >= 15 is 0 Å². The number of ether oxygens (including phenoxy) is 2. The van der Waals surface area contributed by atoms with Crippen LogP contribution in [-0.4, -0.2) is 85.8 Å². The average molecular weight is 592 g/mol. The minimum absolute atomic E-state index is 0.0987. The molecule has 1 fully saturated rings. The highest BCUT2D eigenvalue weighted by atomic mass is 35.5. The van der Waals surface area contributed by atoms with Crippen LogP contribution in [0.4, 0.5) is 4.79 Å². The van der Waals surface area contributed by atoms with Gasteiger partial charge in [-0.25, -0.2) is 22.9 Å². The number of halogens is 1. The number of rotatable bonds is 11. The van der Waals surface area contributed by atoms with Crippen LogP contribution in [0.15, 0.2) is 47.6 Å². The molecule has 10 nitrogen and oxygen atoms in total. The zero-order valence-corrected chi connectivity index (χ0v) is 24.9. The van der Waals surface area contributed by atoms with Gasteiger partial charge in [-0.05, 0) is 69.9 Å². The first-order chi connectivity index (χ1) is 19.0. The van der Waals surface area contributed by atoms with Crippen molar-refractivity contribution in [3.05, 3.63) is 53.3 Å². The van der Waals surface area contributed by atoms with Gasteiger partial charge in [-0.15, -0.1) is 0 Å². The monoisotopic (exact) mass is 591 g/mol. The van der Waals surface area contributed by atoms with Crippen LogP contribution in [-0.2, 0) is 21.2 Å². The summed E-state index contributed by atoms with van der Waals surface area (Å²) in [6.45, 7) is 10.0. The molecule has 2 aromatic heterocycles. The first-order valence-electron chi connectivity index (χ1n) is 13.5. The largest absolute Gasteiger partial charge is 0.478 e. The van der Waals surface area contributed by atoms with E-state index in [4.69, 9.17) is 21.1 Å².